The predicted molar refractivity (Wildman–Crippen MR) is 94.8 cm³/mol. The van der Waals surface area contributed by atoms with Crippen molar-refractivity contribution in [3.63, 3.8) is 0 Å². The van der Waals surface area contributed by atoms with Gasteiger partial charge in [0.15, 0.2) is 5.78 Å². The van der Waals surface area contributed by atoms with E-state index in [9.17, 15) is 27.9 Å². The van der Waals surface area contributed by atoms with Crippen LogP contribution in [0.5, 0.6) is 5.75 Å². The van der Waals surface area contributed by atoms with Gasteiger partial charge in [-0.3, -0.25) is 4.79 Å². The fourth-order valence-electron chi connectivity index (χ4n) is 3.30. The van der Waals surface area contributed by atoms with Crippen molar-refractivity contribution in [1.82, 2.24) is 10.2 Å². The van der Waals surface area contributed by atoms with Crippen LogP contribution in [0.2, 0.25) is 0 Å². The zero-order valence-corrected chi connectivity index (χ0v) is 15.7. The lowest BCUT2D eigenvalue weighted by Gasteiger charge is -2.42. The van der Waals surface area contributed by atoms with Crippen LogP contribution in [-0.2, 0) is 9.53 Å². The molecular weight excluding hydrogens is 393 g/mol. The number of hydrogen-bond acceptors (Lipinski definition) is 7. The van der Waals surface area contributed by atoms with Crippen LogP contribution < -0.4 is 10.1 Å². The second-order valence-electron chi connectivity index (χ2n) is 6.35. The number of hydrogen-bond donors (Lipinski definition) is 2. The Morgan fingerprint density at radius 1 is 1.28 bits per heavy atom. The van der Waals surface area contributed by atoms with E-state index in [4.69, 9.17) is 9.47 Å². The number of aliphatic hydroxyl groups is 1. The molecule has 156 valence electrons. The zero-order valence-electron chi connectivity index (χ0n) is 15.7. The highest BCUT2D eigenvalue weighted by Gasteiger charge is 2.65. The highest BCUT2D eigenvalue weighted by Crippen LogP contribution is 2.45. The van der Waals surface area contributed by atoms with Gasteiger partial charge in [0.1, 0.15) is 11.6 Å². The number of halogens is 3. The topological polar surface area (TPSA) is 88.1 Å². The molecule has 1 saturated heterocycles. The lowest BCUT2D eigenvalue weighted by molar-refractivity contribution is -0.290. The molecule has 29 heavy (non-hydrogen) atoms. The minimum atomic E-state index is -5.21. The van der Waals surface area contributed by atoms with Gasteiger partial charge in [0.2, 0.25) is 0 Å². The Hall–Kier alpha value is -3.01. The predicted octanol–water partition coefficient (Wildman–Crippen LogP) is 1.75. The molecule has 0 aromatic heterocycles. The summed E-state index contributed by atoms with van der Waals surface area (Å²) < 4.78 is 51.3. The number of nitrogens with zero attached hydrogens (tertiary/aromatic N) is 1. The number of carbonyl (C=O) groups excluding carboxylic acids is 2. The van der Waals surface area contributed by atoms with Crippen LogP contribution in [0.1, 0.15) is 17.3 Å². The van der Waals surface area contributed by atoms with Crippen LogP contribution >= 0.6 is 0 Å². The summed E-state index contributed by atoms with van der Waals surface area (Å²) in [5.41, 5.74) is -4.67. The van der Waals surface area contributed by atoms with Gasteiger partial charge in [-0.25, -0.2) is 4.79 Å². The third kappa shape index (κ3) is 3.33. The Morgan fingerprint density at radius 2 is 1.93 bits per heavy atom. The first-order valence-electron chi connectivity index (χ1n) is 8.78. The fourth-order valence-corrected chi connectivity index (χ4v) is 3.30. The molecule has 0 aliphatic carbocycles. The van der Waals surface area contributed by atoms with Gasteiger partial charge >= 0.3 is 12.1 Å². The Balaban J connectivity index is 2.14. The van der Waals surface area contributed by atoms with Crippen molar-refractivity contribution in [2.75, 3.05) is 26.8 Å². The molecule has 0 spiro atoms. The monoisotopic (exact) mass is 412 g/mol. The molecule has 0 bridgehead atoms. The van der Waals surface area contributed by atoms with Gasteiger partial charge < -0.3 is 24.8 Å². The molecule has 1 atom stereocenters. The maximum atomic E-state index is 13.9. The van der Waals surface area contributed by atoms with Gasteiger partial charge in [0.05, 0.1) is 24.9 Å². The number of Topliss-reactive ketones (excluding diaryl/α,β-unsaturated/α-hetero) is 1. The van der Waals surface area contributed by atoms with E-state index in [1.807, 2.05) is 0 Å². The van der Waals surface area contributed by atoms with E-state index in [-0.39, 0.29) is 36.7 Å². The number of ether oxygens (including phenoxy) is 2. The zero-order chi connectivity index (χ0) is 21.4. The molecule has 0 radical (unpaired) electrons. The Morgan fingerprint density at radius 3 is 2.48 bits per heavy atom. The molecule has 1 aromatic carbocycles. The third-order valence-corrected chi connectivity index (χ3v) is 4.70. The maximum Gasteiger partial charge on any atom is 0.441 e. The molecule has 7 nitrogen and oxygen atoms in total. The summed E-state index contributed by atoms with van der Waals surface area (Å²) in [7, 11) is 1.45. The van der Waals surface area contributed by atoms with Crippen molar-refractivity contribution in [1.29, 1.82) is 0 Å². The summed E-state index contributed by atoms with van der Waals surface area (Å²) in [4.78, 5) is 25.9. The molecule has 2 heterocycles. The number of carbonyl (C=O) groups is 2. The SMILES string of the molecule is CCOC(=O)C1=CC(C(=O)c2ccc(OC)cc2)=C2NCCN2C1(O)C(F)(F)F. The number of rotatable bonds is 5. The first-order chi connectivity index (χ1) is 13.6. The normalized spacial score (nSPS) is 21.3. The van der Waals surface area contributed by atoms with Crippen LogP contribution in [-0.4, -0.2) is 60.5 Å². The molecule has 10 heteroatoms. The summed E-state index contributed by atoms with van der Waals surface area (Å²) in [6, 6.07) is 5.97. The summed E-state index contributed by atoms with van der Waals surface area (Å²) >= 11 is 0. The minimum Gasteiger partial charge on any atom is -0.497 e. The number of nitrogens with one attached hydrogen (secondary N) is 1. The Labute approximate surface area is 164 Å². The smallest absolute Gasteiger partial charge is 0.441 e. The van der Waals surface area contributed by atoms with Crippen molar-refractivity contribution in [2.24, 2.45) is 0 Å². The van der Waals surface area contributed by atoms with Gasteiger partial charge in [0, 0.05) is 18.7 Å². The number of fused-ring (bicyclic) bond motifs is 1. The molecule has 2 aliphatic heterocycles. The van der Waals surface area contributed by atoms with Crippen molar-refractivity contribution in [2.45, 2.75) is 18.8 Å². The number of methoxy groups -OCH3 is 1. The summed E-state index contributed by atoms with van der Waals surface area (Å²) in [6.45, 7) is 1.02. The summed E-state index contributed by atoms with van der Waals surface area (Å²) in [5.74, 6) is -1.66. The number of allylic oxidation sites excluding steroid dienone is 2. The van der Waals surface area contributed by atoms with E-state index in [0.717, 1.165) is 6.08 Å². The maximum absolute atomic E-state index is 13.9. The quantitative estimate of drug-likeness (QED) is 0.563. The minimum absolute atomic E-state index is 0.0526. The van der Waals surface area contributed by atoms with Crippen molar-refractivity contribution in [3.05, 3.63) is 52.9 Å². The Bertz CT molecular complexity index is 892. The molecule has 0 amide bonds. The molecule has 1 aromatic rings. The average molecular weight is 412 g/mol. The number of esters is 1. The largest absolute Gasteiger partial charge is 0.497 e. The van der Waals surface area contributed by atoms with E-state index in [1.54, 1.807) is 0 Å². The van der Waals surface area contributed by atoms with Gasteiger partial charge in [-0.05, 0) is 37.3 Å². The van der Waals surface area contributed by atoms with E-state index in [1.165, 1.54) is 38.3 Å². The van der Waals surface area contributed by atoms with E-state index in [0.29, 0.717) is 10.6 Å². The number of benzene rings is 1. The fraction of sp³-hybridized carbons (Fsp3) is 0.368. The lowest BCUT2D eigenvalue weighted by Crippen LogP contribution is -2.62. The van der Waals surface area contributed by atoms with E-state index < -0.39 is 29.2 Å². The first-order valence-corrected chi connectivity index (χ1v) is 8.78. The van der Waals surface area contributed by atoms with Crippen LogP contribution in [0.15, 0.2) is 47.3 Å². The molecule has 3 rings (SSSR count). The van der Waals surface area contributed by atoms with Crippen molar-refractivity contribution >= 4 is 11.8 Å². The molecule has 2 N–H and O–H groups in total. The second kappa shape index (κ2) is 7.43. The second-order valence-corrected chi connectivity index (χ2v) is 6.35. The average Bonchev–Trinajstić information content (AvgIpc) is 3.18. The van der Waals surface area contributed by atoms with Crippen LogP contribution in [0.3, 0.4) is 0 Å². The first kappa shape index (κ1) is 20.7. The highest BCUT2D eigenvalue weighted by atomic mass is 19.4. The number of ketones is 1. The molecule has 1 unspecified atom stereocenters. The summed E-state index contributed by atoms with van der Waals surface area (Å²) in [5, 5.41) is 13.3. The molecular formula is C19H19F3N2O5. The van der Waals surface area contributed by atoms with Crippen LogP contribution in [0, 0.1) is 0 Å². The lowest BCUT2D eigenvalue weighted by atomic mass is 9.90. The van der Waals surface area contributed by atoms with Gasteiger partial charge in [-0.2, -0.15) is 13.2 Å². The van der Waals surface area contributed by atoms with Crippen LogP contribution in [0.4, 0.5) is 13.2 Å². The van der Waals surface area contributed by atoms with Gasteiger partial charge in [0.25, 0.3) is 5.72 Å². The molecule has 1 fully saturated rings. The van der Waals surface area contributed by atoms with Gasteiger partial charge in [-0.15, -0.1) is 0 Å². The van der Waals surface area contributed by atoms with Crippen molar-refractivity contribution < 1.29 is 37.3 Å². The van der Waals surface area contributed by atoms with E-state index >= 15 is 0 Å². The molecule has 2 aliphatic rings. The van der Waals surface area contributed by atoms with Crippen LogP contribution in [0.25, 0.3) is 0 Å². The third-order valence-electron chi connectivity index (χ3n) is 4.70. The molecule has 0 saturated carbocycles. The summed E-state index contributed by atoms with van der Waals surface area (Å²) in [6.07, 6.45) is -4.46. The highest BCUT2D eigenvalue weighted by molar-refractivity contribution is 6.12. The standard InChI is InChI=1S/C19H19F3N2O5/c1-3-29-17(26)14-10-13(15(25)11-4-6-12(28-2)7-5-11)16-23-8-9-24(16)18(14,27)19(20,21)22/h4-7,10,23,27H,3,8-9H2,1-2H3. The van der Waals surface area contributed by atoms with Crippen molar-refractivity contribution in [3.8, 4) is 5.75 Å². The van der Waals surface area contributed by atoms with Gasteiger partial charge in [-0.1, -0.05) is 0 Å². The van der Waals surface area contributed by atoms with E-state index in [2.05, 4.69) is 5.32 Å². The number of alkyl halides is 3. The Kier molecular flexibility index (Phi) is 5.31.